The normalized spacial score (nSPS) is 26.2. The largest absolute Gasteiger partial charge is 0.481 e. The molecule has 2 aliphatic rings. The first-order chi connectivity index (χ1) is 9.08. The zero-order valence-corrected chi connectivity index (χ0v) is 11.6. The van der Waals surface area contributed by atoms with Gasteiger partial charge >= 0.3 is 12.0 Å². The van der Waals surface area contributed by atoms with Crippen molar-refractivity contribution in [3.63, 3.8) is 0 Å². The molecule has 2 amide bonds. The van der Waals surface area contributed by atoms with Crippen molar-refractivity contribution in [3.8, 4) is 0 Å². The van der Waals surface area contributed by atoms with Crippen LogP contribution in [0.15, 0.2) is 0 Å². The van der Waals surface area contributed by atoms with Gasteiger partial charge in [0.1, 0.15) is 0 Å². The number of hydrogen-bond donors (Lipinski definition) is 2. The summed E-state index contributed by atoms with van der Waals surface area (Å²) < 4.78 is 0. The molecule has 5 nitrogen and oxygen atoms in total. The number of carboxylic acid groups (broad SMARTS) is 1. The number of carboxylic acids is 1. The van der Waals surface area contributed by atoms with Crippen LogP contribution >= 0.6 is 0 Å². The van der Waals surface area contributed by atoms with E-state index in [1.54, 1.807) is 4.90 Å². The molecule has 0 spiro atoms. The minimum Gasteiger partial charge on any atom is -0.481 e. The lowest BCUT2D eigenvalue weighted by atomic mass is 9.98. The average molecular weight is 268 g/mol. The number of hydrogen-bond acceptors (Lipinski definition) is 2. The van der Waals surface area contributed by atoms with E-state index in [1.807, 2.05) is 0 Å². The molecular formula is C14H24N2O3. The molecule has 2 N–H and O–H groups in total. The Kier molecular flexibility index (Phi) is 4.66. The molecule has 1 aliphatic carbocycles. The third kappa shape index (κ3) is 3.61. The summed E-state index contributed by atoms with van der Waals surface area (Å²) >= 11 is 0. The van der Waals surface area contributed by atoms with E-state index in [9.17, 15) is 9.59 Å². The molecule has 108 valence electrons. The van der Waals surface area contributed by atoms with Gasteiger partial charge in [0, 0.05) is 19.1 Å². The number of nitrogens with one attached hydrogen (secondary N) is 1. The van der Waals surface area contributed by atoms with Crippen molar-refractivity contribution >= 4 is 12.0 Å². The van der Waals surface area contributed by atoms with Crippen LogP contribution in [-0.2, 0) is 4.79 Å². The van der Waals surface area contributed by atoms with Gasteiger partial charge < -0.3 is 15.3 Å². The van der Waals surface area contributed by atoms with Gasteiger partial charge in [-0.05, 0) is 38.5 Å². The maximum atomic E-state index is 12.2. The van der Waals surface area contributed by atoms with E-state index in [4.69, 9.17) is 5.11 Å². The third-order valence-corrected chi connectivity index (χ3v) is 4.52. The van der Waals surface area contributed by atoms with E-state index in [-0.39, 0.29) is 12.1 Å². The summed E-state index contributed by atoms with van der Waals surface area (Å²) in [7, 11) is 0. The molecule has 5 heteroatoms. The first kappa shape index (κ1) is 14.2. The highest BCUT2D eigenvalue weighted by Gasteiger charge is 2.30. The second-order valence-corrected chi connectivity index (χ2v) is 5.91. The van der Waals surface area contributed by atoms with Gasteiger partial charge in [-0.3, -0.25) is 4.79 Å². The molecular weight excluding hydrogens is 244 g/mol. The zero-order valence-electron chi connectivity index (χ0n) is 11.6. The zero-order chi connectivity index (χ0) is 13.8. The van der Waals surface area contributed by atoms with Gasteiger partial charge in [-0.2, -0.15) is 0 Å². The van der Waals surface area contributed by atoms with Gasteiger partial charge in [0.05, 0.1) is 5.92 Å². The Bertz CT molecular complexity index is 340. The summed E-state index contributed by atoms with van der Waals surface area (Å²) in [6, 6.07) is 0.102. The van der Waals surface area contributed by atoms with E-state index < -0.39 is 11.9 Å². The summed E-state index contributed by atoms with van der Waals surface area (Å²) in [6.45, 7) is 3.08. The number of nitrogens with zero attached hydrogens (tertiary/aromatic N) is 1. The number of likely N-dealkylation sites (tertiary alicyclic amines) is 1. The second kappa shape index (κ2) is 6.26. The molecule has 0 aromatic rings. The molecule has 0 aromatic heterocycles. The predicted octanol–water partition coefficient (Wildman–Crippen LogP) is 2.07. The Morgan fingerprint density at radius 1 is 1.21 bits per heavy atom. The molecule has 0 aromatic carbocycles. The van der Waals surface area contributed by atoms with Crippen LogP contribution in [0.25, 0.3) is 0 Å². The van der Waals surface area contributed by atoms with Crippen molar-refractivity contribution in [1.29, 1.82) is 0 Å². The fourth-order valence-corrected chi connectivity index (χ4v) is 3.22. The minimum atomic E-state index is -0.790. The van der Waals surface area contributed by atoms with Crippen LogP contribution in [0.1, 0.15) is 45.4 Å². The van der Waals surface area contributed by atoms with E-state index in [0.29, 0.717) is 25.4 Å². The minimum absolute atomic E-state index is 0.0923. The number of amides is 2. The summed E-state index contributed by atoms with van der Waals surface area (Å²) in [5.41, 5.74) is 0. The Labute approximate surface area is 114 Å². The quantitative estimate of drug-likeness (QED) is 0.823. The molecule has 2 fully saturated rings. The summed E-state index contributed by atoms with van der Waals surface area (Å²) in [5.74, 6) is -0.605. The first-order valence-corrected chi connectivity index (χ1v) is 7.36. The van der Waals surface area contributed by atoms with Crippen LogP contribution in [-0.4, -0.2) is 41.1 Å². The van der Waals surface area contributed by atoms with Crippen molar-refractivity contribution in [2.75, 3.05) is 13.1 Å². The van der Waals surface area contributed by atoms with Crippen LogP contribution in [0.3, 0.4) is 0 Å². The Hall–Kier alpha value is -1.26. The lowest BCUT2D eigenvalue weighted by molar-refractivity contribution is -0.143. The number of urea groups is 1. The van der Waals surface area contributed by atoms with E-state index in [0.717, 1.165) is 6.42 Å². The van der Waals surface area contributed by atoms with Crippen molar-refractivity contribution < 1.29 is 14.7 Å². The topological polar surface area (TPSA) is 69.6 Å². The van der Waals surface area contributed by atoms with E-state index in [2.05, 4.69) is 12.2 Å². The second-order valence-electron chi connectivity index (χ2n) is 5.91. The van der Waals surface area contributed by atoms with Gasteiger partial charge in [-0.15, -0.1) is 0 Å². The highest BCUT2D eigenvalue weighted by Crippen LogP contribution is 2.27. The molecule has 2 rings (SSSR count). The number of carbonyl (C=O) groups excluding carboxylic acids is 1. The lowest BCUT2D eigenvalue weighted by Crippen LogP contribution is -2.50. The standard InChI is InChI=1S/C14H24N2O3/c1-10(11-5-2-3-6-11)15-14(19)16-8-4-7-12(9-16)13(17)18/h10-12H,2-9H2,1H3,(H,15,19)(H,17,18)/t10?,12-/m1/s1. The highest BCUT2D eigenvalue weighted by atomic mass is 16.4. The smallest absolute Gasteiger partial charge is 0.317 e. The molecule has 0 radical (unpaired) electrons. The van der Waals surface area contributed by atoms with Gasteiger partial charge in [0.2, 0.25) is 0 Å². The van der Waals surface area contributed by atoms with Crippen LogP contribution in [0, 0.1) is 11.8 Å². The fraction of sp³-hybridized carbons (Fsp3) is 0.857. The maximum Gasteiger partial charge on any atom is 0.317 e. The highest BCUT2D eigenvalue weighted by molar-refractivity contribution is 5.76. The molecule has 1 unspecified atom stereocenters. The molecule has 1 aliphatic heterocycles. The van der Waals surface area contributed by atoms with Gasteiger partial charge in [-0.25, -0.2) is 4.79 Å². The van der Waals surface area contributed by atoms with E-state index in [1.165, 1.54) is 25.7 Å². The maximum absolute atomic E-state index is 12.2. The van der Waals surface area contributed by atoms with E-state index >= 15 is 0 Å². The predicted molar refractivity (Wildman–Crippen MR) is 71.9 cm³/mol. The number of carbonyl (C=O) groups is 2. The average Bonchev–Trinajstić information content (AvgIpc) is 2.92. The SMILES string of the molecule is CC(NC(=O)N1CCC[C@@H](C(=O)O)C1)C1CCCC1. The van der Waals surface area contributed by atoms with Crippen LogP contribution in [0.4, 0.5) is 4.79 Å². The van der Waals surface area contributed by atoms with Crippen molar-refractivity contribution in [2.24, 2.45) is 11.8 Å². The summed E-state index contributed by atoms with van der Waals surface area (Å²) in [4.78, 5) is 24.8. The van der Waals surface area contributed by atoms with Gasteiger partial charge in [0.25, 0.3) is 0 Å². The first-order valence-electron chi connectivity index (χ1n) is 7.36. The van der Waals surface area contributed by atoms with Crippen LogP contribution in [0.5, 0.6) is 0 Å². The van der Waals surface area contributed by atoms with Crippen molar-refractivity contribution in [1.82, 2.24) is 10.2 Å². The molecule has 1 heterocycles. The number of rotatable bonds is 3. The molecule has 19 heavy (non-hydrogen) atoms. The lowest BCUT2D eigenvalue weighted by Gasteiger charge is -2.32. The number of piperidine rings is 1. The molecule has 0 bridgehead atoms. The Balaban J connectivity index is 1.83. The van der Waals surface area contributed by atoms with Crippen molar-refractivity contribution in [3.05, 3.63) is 0 Å². The third-order valence-electron chi connectivity index (χ3n) is 4.52. The van der Waals surface area contributed by atoms with Crippen molar-refractivity contribution in [2.45, 2.75) is 51.5 Å². The summed E-state index contributed by atoms with van der Waals surface area (Å²) in [5, 5.41) is 12.1. The summed E-state index contributed by atoms with van der Waals surface area (Å²) in [6.07, 6.45) is 6.36. The fourth-order valence-electron chi connectivity index (χ4n) is 3.22. The van der Waals surface area contributed by atoms with Crippen LogP contribution < -0.4 is 5.32 Å². The Morgan fingerprint density at radius 3 is 2.53 bits per heavy atom. The molecule has 2 atom stereocenters. The van der Waals surface area contributed by atoms with Gasteiger partial charge in [0.15, 0.2) is 0 Å². The van der Waals surface area contributed by atoms with Gasteiger partial charge in [-0.1, -0.05) is 12.8 Å². The molecule has 1 saturated heterocycles. The number of aliphatic carboxylic acids is 1. The Morgan fingerprint density at radius 2 is 1.89 bits per heavy atom. The van der Waals surface area contributed by atoms with Crippen LogP contribution in [0.2, 0.25) is 0 Å². The monoisotopic (exact) mass is 268 g/mol. The molecule has 1 saturated carbocycles.